The Labute approximate surface area is 228 Å². The predicted molar refractivity (Wildman–Crippen MR) is 146 cm³/mol. The summed E-state index contributed by atoms with van der Waals surface area (Å²) in [6.45, 7) is 0.465. The summed E-state index contributed by atoms with van der Waals surface area (Å²) < 4.78 is 0. The lowest BCUT2D eigenvalue weighted by molar-refractivity contribution is -0.141. The van der Waals surface area contributed by atoms with Gasteiger partial charge in [0, 0.05) is 44.4 Å². The molecule has 0 bridgehead atoms. The van der Waals surface area contributed by atoms with Crippen LogP contribution in [0.4, 0.5) is 0 Å². The molecule has 3 atom stereocenters. The largest absolute Gasteiger partial charge is 0.404 e. The van der Waals surface area contributed by atoms with Crippen molar-refractivity contribution in [3.8, 4) is 0 Å². The normalized spacial score (nSPS) is 19.7. The molecule has 1 saturated heterocycles. The van der Waals surface area contributed by atoms with Gasteiger partial charge < -0.3 is 27.0 Å². The molecular formula is C28H38N6O5. The summed E-state index contributed by atoms with van der Waals surface area (Å²) >= 11 is 0. The van der Waals surface area contributed by atoms with Crippen LogP contribution in [0.2, 0.25) is 0 Å². The van der Waals surface area contributed by atoms with Crippen molar-refractivity contribution in [3.63, 3.8) is 0 Å². The van der Waals surface area contributed by atoms with Crippen molar-refractivity contribution in [2.24, 2.45) is 16.6 Å². The average Bonchev–Trinajstić information content (AvgIpc) is 3.35. The van der Waals surface area contributed by atoms with E-state index in [1.807, 2.05) is 30.3 Å². The van der Waals surface area contributed by atoms with E-state index in [9.17, 15) is 24.0 Å². The van der Waals surface area contributed by atoms with Crippen LogP contribution in [-0.2, 0) is 30.4 Å². The first-order chi connectivity index (χ1) is 18.8. The van der Waals surface area contributed by atoms with Gasteiger partial charge in [-0.1, -0.05) is 49.6 Å². The van der Waals surface area contributed by atoms with Crippen LogP contribution in [0.25, 0.3) is 0 Å². The van der Waals surface area contributed by atoms with E-state index in [0.717, 1.165) is 43.9 Å². The van der Waals surface area contributed by atoms with Gasteiger partial charge in [-0.2, -0.15) is 0 Å². The first-order valence-corrected chi connectivity index (χ1v) is 13.4. The molecule has 6 N–H and O–H groups in total. The molecule has 0 unspecified atom stereocenters. The molecule has 1 aliphatic carbocycles. The highest BCUT2D eigenvalue weighted by Crippen LogP contribution is 2.19. The number of hydrogen-bond acceptors (Lipinski definition) is 7. The molecule has 4 amide bonds. The maximum absolute atomic E-state index is 13.5. The van der Waals surface area contributed by atoms with Crippen molar-refractivity contribution in [2.45, 2.75) is 69.5 Å². The van der Waals surface area contributed by atoms with Crippen LogP contribution in [0, 0.1) is 5.92 Å². The van der Waals surface area contributed by atoms with Crippen LogP contribution in [0.3, 0.4) is 0 Å². The summed E-state index contributed by atoms with van der Waals surface area (Å²) in [5.41, 5.74) is 6.39. The van der Waals surface area contributed by atoms with Gasteiger partial charge in [-0.05, 0) is 31.2 Å². The van der Waals surface area contributed by atoms with Gasteiger partial charge in [0.15, 0.2) is 0 Å². The zero-order valence-corrected chi connectivity index (χ0v) is 22.3. The zero-order chi connectivity index (χ0) is 28.2. The van der Waals surface area contributed by atoms with E-state index in [2.05, 4.69) is 26.3 Å². The van der Waals surface area contributed by atoms with E-state index in [4.69, 9.17) is 5.73 Å². The second kappa shape index (κ2) is 14.8. The van der Waals surface area contributed by atoms with Gasteiger partial charge in [0.2, 0.25) is 17.6 Å². The first kappa shape index (κ1) is 29.5. The lowest BCUT2D eigenvalue weighted by Gasteiger charge is -2.26. The number of nitrogens with zero attached hydrogens (tertiary/aromatic N) is 1. The molecule has 39 heavy (non-hydrogen) atoms. The number of aliphatic imine (C=N–C) groups is 1. The first-order valence-electron chi connectivity index (χ1n) is 13.4. The number of ketones is 1. The molecule has 11 heteroatoms. The Bertz CT molecular complexity index is 1100. The Morgan fingerprint density at radius 3 is 2.36 bits per heavy atom. The van der Waals surface area contributed by atoms with Gasteiger partial charge in [0.05, 0.1) is 11.6 Å². The molecular weight excluding hydrogens is 500 g/mol. The maximum atomic E-state index is 13.5. The monoisotopic (exact) mass is 538 g/mol. The van der Waals surface area contributed by atoms with Gasteiger partial charge in [-0.25, -0.2) is 0 Å². The number of carbonyl (C=O) groups excluding carboxylic acids is 5. The van der Waals surface area contributed by atoms with Crippen LogP contribution < -0.4 is 27.0 Å². The summed E-state index contributed by atoms with van der Waals surface area (Å²) in [4.78, 5) is 68.7. The number of nitrogens with one attached hydrogen (secondary N) is 4. The molecule has 0 spiro atoms. The Balaban J connectivity index is 1.80. The molecule has 1 aliphatic heterocycles. The summed E-state index contributed by atoms with van der Waals surface area (Å²) in [7, 11) is 1.48. The van der Waals surface area contributed by atoms with Gasteiger partial charge in [-0.3, -0.25) is 29.0 Å². The molecule has 3 rings (SSSR count). The van der Waals surface area contributed by atoms with Crippen LogP contribution in [-0.4, -0.2) is 67.3 Å². The number of hydrogen-bond donors (Lipinski definition) is 5. The summed E-state index contributed by atoms with van der Waals surface area (Å²) in [5.74, 6) is -3.59. The highest BCUT2D eigenvalue weighted by Gasteiger charge is 2.36. The van der Waals surface area contributed by atoms with E-state index in [-0.39, 0.29) is 30.4 Å². The van der Waals surface area contributed by atoms with E-state index in [0.29, 0.717) is 13.0 Å². The zero-order valence-electron chi connectivity index (χ0n) is 22.3. The third-order valence-electron chi connectivity index (χ3n) is 7.09. The van der Waals surface area contributed by atoms with Crippen molar-refractivity contribution in [3.05, 3.63) is 47.7 Å². The smallest absolute Gasteiger partial charge is 0.289 e. The Morgan fingerprint density at radius 2 is 1.74 bits per heavy atom. The molecule has 2 fully saturated rings. The molecule has 2 aliphatic rings. The fraction of sp³-hybridized carbons (Fsp3) is 0.500. The Hall–Kier alpha value is -4.02. The molecule has 0 aromatic heterocycles. The van der Waals surface area contributed by atoms with Gasteiger partial charge >= 0.3 is 0 Å². The third-order valence-corrected chi connectivity index (χ3v) is 7.09. The maximum Gasteiger partial charge on any atom is 0.289 e. The average molecular weight is 539 g/mol. The topological polar surface area (TPSA) is 172 Å². The van der Waals surface area contributed by atoms with Crippen LogP contribution in [0.15, 0.2) is 47.1 Å². The number of benzene rings is 1. The third kappa shape index (κ3) is 8.76. The van der Waals surface area contributed by atoms with Gasteiger partial charge in [0.25, 0.3) is 11.8 Å². The number of Topliss-reactive ketones (excluding diaryl/α,β-unsaturated/α-hetero) is 1. The van der Waals surface area contributed by atoms with Crippen molar-refractivity contribution in [1.82, 2.24) is 21.3 Å². The van der Waals surface area contributed by atoms with E-state index < -0.39 is 41.5 Å². The minimum Gasteiger partial charge on any atom is -0.404 e. The number of rotatable bonds is 12. The number of amides is 4. The van der Waals surface area contributed by atoms with Crippen LogP contribution >= 0.6 is 0 Å². The minimum absolute atomic E-state index is 0.0169. The second-order valence-corrected chi connectivity index (χ2v) is 9.97. The van der Waals surface area contributed by atoms with E-state index in [1.54, 1.807) is 0 Å². The van der Waals surface area contributed by atoms with Crippen LogP contribution in [0.5, 0.6) is 0 Å². The van der Waals surface area contributed by atoms with Crippen molar-refractivity contribution in [2.75, 3.05) is 13.6 Å². The van der Waals surface area contributed by atoms with Crippen molar-refractivity contribution in [1.29, 1.82) is 0 Å². The molecule has 1 saturated carbocycles. The van der Waals surface area contributed by atoms with Gasteiger partial charge in [0.1, 0.15) is 6.04 Å². The molecule has 1 aromatic rings. The molecule has 210 valence electrons. The fourth-order valence-electron chi connectivity index (χ4n) is 4.94. The highest BCUT2D eigenvalue weighted by atomic mass is 16.2. The van der Waals surface area contributed by atoms with Crippen molar-refractivity contribution >= 4 is 35.6 Å². The number of carbonyl (C=O) groups is 5. The SMILES string of the molecule is CN=CC(=CN)C(=O)N[C@@H](Cc1ccccc1)C(=O)N[C@@H](C[C@@H]1CCNC1=O)C(=O)C(=O)NC1CCCCC1. The molecule has 1 heterocycles. The molecule has 11 nitrogen and oxygen atoms in total. The summed E-state index contributed by atoms with van der Waals surface area (Å²) in [5, 5.41) is 10.9. The summed E-state index contributed by atoms with van der Waals surface area (Å²) in [6.07, 6.45) is 7.59. The van der Waals surface area contributed by atoms with Gasteiger partial charge in [-0.15, -0.1) is 0 Å². The van der Waals surface area contributed by atoms with E-state index >= 15 is 0 Å². The lowest BCUT2D eigenvalue weighted by Crippen LogP contribution is -2.56. The van der Waals surface area contributed by atoms with Crippen LogP contribution in [0.1, 0.15) is 50.5 Å². The molecule has 1 aromatic carbocycles. The summed E-state index contributed by atoms with van der Waals surface area (Å²) in [6, 6.07) is 6.65. The minimum atomic E-state index is -1.23. The standard InChI is InChI=1S/C28H38N6O5/c1-30-17-20(16-29)26(37)34-23(14-18-8-4-2-5-9-18)27(38)33-22(15-19-12-13-31-25(19)36)24(35)28(39)32-21-10-6-3-7-11-21/h2,4-5,8-9,16-17,19,21-23H,3,6-7,10-15,29H2,1H3,(H,31,36)(H,32,39)(H,33,38)(H,34,37)/t19-,22-,23-/m0/s1. The fourth-order valence-corrected chi connectivity index (χ4v) is 4.94. The van der Waals surface area contributed by atoms with E-state index in [1.165, 1.54) is 13.3 Å². The Kier molecular flexibility index (Phi) is 11.2. The molecule has 0 radical (unpaired) electrons. The van der Waals surface area contributed by atoms with Crippen molar-refractivity contribution < 1.29 is 24.0 Å². The predicted octanol–water partition coefficient (Wildman–Crippen LogP) is 0.286. The number of nitrogens with two attached hydrogens (primary N) is 1. The quantitative estimate of drug-likeness (QED) is 0.145. The Morgan fingerprint density at radius 1 is 1.03 bits per heavy atom. The second-order valence-electron chi connectivity index (χ2n) is 9.97. The lowest BCUT2D eigenvalue weighted by atomic mass is 9.93. The highest BCUT2D eigenvalue weighted by molar-refractivity contribution is 6.38.